The van der Waals surface area contributed by atoms with Crippen molar-refractivity contribution in [3.63, 3.8) is 0 Å². The van der Waals surface area contributed by atoms with Crippen LogP contribution in [0, 0.1) is 5.82 Å². The van der Waals surface area contributed by atoms with Crippen molar-refractivity contribution < 1.29 is 9.18 Å². The predicted octanol–water partition coefficient (Wildman–Crippen LogP) is 3.67. The summed E-state index contributed by atoms with van der Waals surface area (Å²) in [5.41, 5.74) is 1.61. The van der Waals surface area contributed by atoms with Gasteiger partial charge in [0.05, 0.1) is 5.69 Å². The van der Waals surface area contributed by atoms with Crippen molar-refractivity contribution in [1.29, 1.82) is 0 Å². The lowest BCUT2D eigenvalue weighted by atomic mass is 10.3. The summed E-state index contributed by atoms with van der Waals surface area (Å²) in [6.45, 7) is 0. The molecule has 3 rings (SSSR count). The molecule has 0 unspecified atom stereocenters. The Bertz CT molecular complexity index is 775. The molecule has 0 spiro atoms. The van der Waals surface area contributed by atoms with Gasteiger partial charge in [-0.05, 0) is 35.7 Å². The van der Waals surface area contributed by atoms with Gasteiger partial charge in [0.1, 0.15) is 23.7 Å². The first kappa shape index (κ1) is 14.2. The number of thiophene rings is 1. The Balaban J connectivity index is 1.73. The van der Waals surface area contributed by atoms with Crippen LogP contribution in [0.3, 0.4) is 0 Å². The number of amides is 1. The summed E-state index contributed by atoms with van der Waals surface area (Å²) in [7, 11) is 0. The maximum Gasteiger partial charge on any atom is 0.274 e. The fraction of sp³-hybridized carbons (Fsp3) is 0. The Labute approximate surface area is 129 Å². The van der Waals surface area contributed by atoms with Crippen molar-refractivity contribution in [3.05, 3.63) is 65.0 Å². The first-order valence-corrected chi connectivity index (χ1v) is 7.33. The molecule has 110 valence electrons. The summed E-state index contributed by atoms with van der Waals surface area (Å²) in [4.78, 5) is 20.1. The Morgan fingerprint density at radius 1 is 1.09 bits per heavy atom. The topological polar surface area (TPSA) is 66.9 Å². The van der Waals surface area contributed by atoms with Crippen LogP contribution in [0.5, 0.6) is 0 Å². The number of carbonyl (C=O) groups is 1. The van der Waals surface area contributed by atoms with Crippen LogP contribution in [-0.4, -0.2) is 15.9 Å². The summed E-state index contributed by atoms with van der Waals surface area (Å²) < 4.78 is 12.8. The molecule has 22 heavy (non-hydrogen) atoms. The van der Waals surface area contributed by atoms with E-state index < -0.39 is 0 Å². The molecule has 0 fully saturated rings. The Morgan fingerprint density at radius 3 is 2.64 bits per heavy atom. The van der Waals surface area contributed by atoms with Crippen molar-refractivity contribution in [2.75, 3.05) is 10.6 Å². The number of benzene rings is 1. The van der Waals surface area contributed by atoms with E-state index in [4.69, 9.17) is 0 Å². The highest BCUT2D eigenvalue weighted by Crippen LogP contribution is 2.18. The molecule has 5 nitrogen and oxygen atoms in total. The highest BCUT2D eigenvalue weighted by molar-refractivity contribution is 7.08. The largest absolute Gasteiger partial charge is 0.339 e. The lowest BCUT2D eigenvalue weighted by molar-refractivity contribution is 0.102. The molecule has 7 heteroatoms. The zero-order chi connectivity index (χ0) is 15.4. The lowest BCUT2D eigenvalue weighted by Gasteiger charge is -2.06. The van der Waals surface area contributed by atoms with Crippen molar-refractivity contribution >= 4 is 34.4 Å². The zero-order valence-corrected chi connectivity index (χ0v) is 12.1. The molecule has 3 aromatic rings. The van der Waals surface area contributed by atoms with Gasteiger partial charge in [-0.1, -0.05) is 0 Å². The van der Waals surface area contributed by atoms with Crippen LogP contribution in [0.2, 0.25) is 0 Å². The molecule has 2 N–H and O–H groups in total. The molecule has 2 aromatic heterocycles. The third-order valence-electron chi connectivity index (χ3n) is 2.80. The van der Waals surface area contributed by atoms with Gasteiger partial charge in [0.15, 0.2) is 0 Å². The van der Waals surface area contributed by atoms with Gasteiger partial charge in [0, 0.05) is 17.1 Å². The maximum atomic E-state index is 12.8. The van der Waals surface area contributed by atoms with Crippen LogP contribution < -0.4 is 10.6 Å². The SMILES string of the molecule is O=C(Nc1ccc(F)cc1)c1cc(Nc2ccsc2)ncn1. The molecule has 0 saturated heterocycles. The van der Waals surface area contributed by atoms with E-state index in [1.54, 1.807) is 17.4 Å². The Kier molecular flexibility index (Phi) is 4.06. The minimum absolute atomic E-state index is 0.219. The monoisotopic (exact) mass is 314 g/mol. The van der Waals surface area contributed by atoms with Gasteiger partial charge >= 0.3 is 0 Å². The molecule has 2 heterocycles. The van der Waals surface area contributed by atoms with E-state index in [1.807, 2.05) is 16.8 Å². The van der Waals surface area contributed by atoms with Crippen molar-refractivity contribution in [3.8, 4) is 0 Å². The fourth-order valence-corrected chi connectivity index (χ4v) is 2.35. The summed E-state index contributed by atoms with van der Waals surface area (Å²) in [5, 5.41) is 9.60. The highest BCUT2D eigenvalue weighted by Gasteiger charge is 2.09. The van der Waals surface area contributed by atoms with Gasteiger partial charge in [0.25, 0.3) is 5.91 Å². The predicted molar refractivity (Wildman–Crippen MR) is 84.0 cm³/mol. The Morgan fingerprint density at radius 2 is 1.91 bits per heavy atom. The summed E-state index contributed by atoms with van der Waals surface area (Å²) >= 11 is 1.56. The van der Waals surface area contributed by atoms with Gasteiger partial charge in [-0.25, -0.2) is 14.4 Å². The minimum atomic E-state index is -0.387. The number of aromatic nitrogens is 2. The van der Waals surface area contributed by atoms with Gasteiger partial charge in [-0.2, -0.15) is 11.3 Å². The number of nitrogens with one attached hydrogen (secondary N) is 2. The van der Waals surface area contributed by atoms with Crippen molar-refractivity contribution in [2.45, 2.75) is 0 Å². The normalized spacial score (nSPS) is 10.2. The first-order chi connectivity index (χ1) is 10.7. The van der Waals surface area contributed by atoms with Crippen LogP contribution in [0.4, 0.5) is 21.6 Å². The molecule has 0 saturated carbocycles. The average Bonchev–Trinajstić information content (AvgIpc) is 3.03. The molecule has 0 bridgehead atoms. The van der Waals surface area contributed by atoms with Crippen molar-refractivity contribution in [2.24, 2.45) is 0 Å². The number of anilines is 3. The second-order valence-electron chi connectivity index (χ2n) is 4.39. The third kappa shape index (κ3) is 3.44. The third-order valence-corrected chi connectivity index (χ3v) is 3.48. The minimum Gasteiger partial charge on any atom is -0.339 e. The van der Waals surface area contributed by atoms with E-state index in [2.05, 4.69) is 20.6 Å². The van der Waals surface area contributed by atoms with E-state index in [0.717, 1.165) is 5.69 Å². The first-order valence-electron chi connectivity index (χ1n) is 6.39. The standard InChI is InChI=1S/C15H11FN4OS/c16-10-1-3-11(4-2-10)20-15(21)13-7-14(18-9-17-13)19-12-5-6-22-8-12/h1-9H,(H,20,21)(H,17,18,19). The van der Waals surface area contributed by atoms with Gasteiger partial charge in [0.2, 0.25) is 0 Å². The number of hydrogen-bond acceptors (Lipinski definition) is 5. The summed E-state index contributed by atoms with van der Waals surface area (Å²) in [6.07, 6.45) is 1.31. The molecular formula is C15H11FN4OS. The van der Waals surface area contributed by atoms with Crippen LogP contribution in [0.15, 0.2) is 53.5 Å². The second-order valence-corrected chi connectivity index (χ2v) is 5.17. The lowest BCUT2D eigenvalue weighted by Crippen LogP contribution is -2.14. The molecule has 0 radical (unpaired) electrons. The number of rotatable bonds is 4. The van der Waals surface area contributed by atoms with E-state index in [0.29, 0.717) is 11.5 Å². The number of carbonyl (C=O) groups excluding carboxylic acids is 1. The molecule has 1 amide bonds. The van der Waals surface area contributed by atoms with Gasteiger partial charge in [-0.3, -0.25) is 4.79 Å². The zero-order valence-electron chi connectivity index (χ0n) is 11.3. The van der Waals surface area contributed by atoms with Crippen LogP contribution in [-0.2, 0) is 0 Å². The molecule has 0 atom stereocenters. The average molecular weight is 314 g/mol. The number of halogens is 1. The number of nitrogens with zero attached hydrogens (tertiary/aromatic N) is 2. The molecule has 0 aliphatic rings. The Hall–Kier alpha value is -2.80. The molecule has 0 aliphatic carbocycles. The van der Waals surface area contributed by atoms with Crippen LogP contribution in [0.25, 0.3) is 0 Å². The smallest absolute Gasteiger partial charge is 0.274 e. The van der Waals surface area contributed by atoms with Gasteiger partial charge < -0.3 is 10.6 Å². The van der Waals surface area contributed by atoms with E-state index in [-0.39, 0.29) is 17.4 Å². The van der Waals surface area contributed by atoms with Crippen LogP contribution >= 0.6 is 11.3 Å². The molecule has 1 aromatic carbocycles. The summed E-state index contributed by atoms with van der Waals surface area (Å²) in [6, 6.07) is 8.98. The molecule has 0 aliphatic heterocycles. The van der Waals surface area contributed by atoms with E-state index in [9.17, 15) is 9.18 Å². The van der Waals surface area contributed by atoms with Gasteiger partial charge in [-0.15, -0.1) is 0 Å². The van der Waals surface area contributed by atoms with Crippen LogP contribution in [0.1, 0.15) is 10.5 Å². The molecular weight excluding hydrogens is 303 g/mol. The number of hydrogen-bond donors (Lipinski definition) is 2. The summed E-state index contributed by atoms with van der Waals surface area (Å²) in [5.74, 6) is -0.220. The highest BCUT2D eigenvalue weighted by atomic mass is 32.1. The van der Waals surface area contributed by atoms with Crippen molar-refractivity contribution in [1.82, 2.24) is 9.97 Å². The maximum absolute atomic E-state index is 12.8. The quantitative estimate of drug-likeness (QED) is 0.771. The van der Waals surface area contributed by atoms with E-state index >= 15 is 0 Å². The second kappa shape index (κ2) is 6.31. The fourth-order valence-electron chi connectivity index (χ4n) is 1.76. The van der Waals surface area contributed by atoms with E-state index in [1.165, 1.54) is 30.6 Å².